The van der Waals surface area contributed by atoms with Crippen LogP contribution in [0.15, 0.2) is 45.7 Å². The van der Waals surface area contributed by atoms with Gasteiger partial charge in [0.25, 0.3) is 11.8 Å². The van der Waals surface area contributed by atoms with Crippen LogP contribution in [0.1, 0.15) is 61.3 Å². The molecule has 0 saturated heterocycles. The fourth-order valence-electron chi connectivity index (χ4n) is 4.70. The summed E-state index contributed by atoms with van der Waals surface area (Å²) in [5.74, 6) is -1.63. The standard InChI is InChI=1S/C27H25FN6O5/c1-13-10-15(4-8-19(13)28)12-29-24(35)21-11-22(32-26(31-21)38-3)25(36)30-20-9-7-16-14(2)17(5-6-18(16)20)23-33-27(37)39-34-23/h4-6,8,10-11,20H,7,9,12H2,1-3H3,(H,29,35)(H,30,36)(H,33,34,37)/t20-/m0/s1. The molecule has 2 aromatic carbocycles. The molecule has 12 heteroatoms. The van der Waals surface area contributed by atoms with Crippen molar-refractivity contribution in [2.24, 2.45) is 0 Å². The zero-order chi connectivity index (χ0) is 27.7. The summed E-state index contributed by atoms with van der Waals surface area (Å²) in [6, 6.07) is 9.17. The molecule has 3 N–H and O–H groups in total. The van der Waals surface area contributed by atoms with E-state index >= 15 is 0 Å². The molecule has 0 bridgehead atoms. The van der Waals surface area contributed by atoms with Crippen LogP contribution >= 0.6 is 0 Å². The van der Waals surface area contributed by atoms with E-state index in [-0.39, 0.29) is 35.8 Å². The quantitative estimate of drug-likeness (QED) is 0.329. The minimum atomic E-state index is -0.631. The molecule has 2 amide bonds. The molecule has 0 saturated carbocycles. The normalized spacial score (nSPS) is 14.1. The van der Waals surface area contributed by atoms with Crippen molar-refractivity contribution in [1.82, 2.24) is 30.7 Å². The fraction of sp³-hybridized carbons (Fsp3) is 0.259. The zero-order valence-electron chi connectivity index (χ0n) is 21.4. The van der Waals surface area contributed by atoms with Gasteiger partial charge in [0.05, 0.1) is 13.2 Å². The number of hydrogen-bond acceptors (Lipinski definition) is 8. The van der Waals surface area contributed by atoms with Gasteiger partial charge in [0, 0.05) is 18.2 Å². The maximum absolute atomic E-state index is 13.5. The van der Waals surface area contributed by atoms with Gasteiger partial charge in [-0.15, -0.1) is 0 Å². The number of H-pyrrole nitrogens is 1. The number of carbonyl (C=O) groups is 2. The second-order valence-corrected chi connectivity index (χ2v) is 9.21. The number of aryl methyl sites for hydroxylation is 1. The molecular formula is C27H25FN6O5. The van der Waals surface area contributed by atoms with E-state index in [0.29, 0.717) is 24.2 Å². The molecule has 0 fully saturated rings. The van der Waals surface area contributed by atoms with E-state index in [9.17, 15) is 18.8 Å². The second kappa shape index (κ2) is 10.5. The van der Waals surface area contributed by atoms with Crippen molar-refractivity contribution in [1.29, 1.82) is 0 Å². The minimum Gasteiger partial charge on any atom is -0.467 e. The molecule has 200 valence electrons. The van der Waals surface area contributed by atoms with E-state index in [1.54, 1.807) is 19.1 Å². The lowest BCUT2D eigenvalue weighted by molar-refractivity contribution is 0.0930. The Morgan fingerprint density at radius 1 is 1.13 bits per heavy atom. The van der Waals surface area contributed by atoms with Crippen LogP contribution in [0.4, 0.5) is 4.39 Å². The van der Waals surface area contributed by atoms with E-state index < -0.39 is 17.6 Å². The summed E-state index contributed by atoms with van der Waals surface area (Å²) in [6.07, 6.45) is 1.37. The van der Waals surface area contributed by atoms with Crippen molar-refractivity contribution in [2.75, 3.05) is 7.11 Å². The molecule has 2 aromatic heterocycles. The average molecular weight is 533 g/mol. The molecular weight excluding hydrogens is 507 g/mol. The Morgan fingerprint density at radius 2 is 1.90 bits per heavy atom. The van der Waals surface area contributed by atoms with Gasteiger partial charge >= 0.3 is 11.8 Å². The maximum Gasteiger partial charge on any atom is 0.439 e. The Labute approximate surface area is 221 Å². The molecule has 1 atom stereocenters. The average Bonchev–Trinajstić information content (AvgIpc) is 3.55. The van der Waals surface area contributed by atoms with E-state index in [4.69, 9.17) is 4.74 Å². The third-order valence-electron chi connectivity index (χ3n) is 6.72. The number of aromatic nitrogens is 4. The Balaban J connectivity index is 1.32. The van der Waals surface area contributed by atoms with Crippen molar-refractivity contribution in [2.45, 2.75) is 39.3 Å². The lowest BCUT2D eigenvalue weighted by atomic mass is 9.97. The lowest BCUT2D eigenvalue weighted by Gasteiger charge is -2.16. The van der Waals surface area contributed by atoms with Crippen LogP contribution < -0.4 is 21.1 Å². The van der Waals surface area contributed by atoms with Gasteiger partial charge in [-0.3, -0.25) is 19.1 Å². The van der Waals surface area contributed by atoms with Crippen LogP contribution in [0.2, 0.25) is 0 Å². The monoisotopic (exact) mass is 532 g/mol. The molecule has 0 radical (unpaired) electrons. The molecule has 0 unspecified atom stereocenters. The van der Waals surface area contributed by atoms with Gasteiger partial charge in [-0.2, -0.15) is 9.97 Å². The third-order valence-corrected chi connectivity index (χ3v) is 6.72. The largest absolute Gasteiger partial charge is 0.467 e. The molecule has 2 heterocycles. The van der Waals surface area contributed by atoms with Gasteiger partial charge in [-0.05, 0) is 60.6 Å². The van der Waals surface area contributed by atoms with Crippen LogP contribution in [0.3, 0.4) is 0 Å². The number of rotatable bonds is 7. The summed E-state index contributed by atoms with van der Waals surface area (Å²) in [4.78, 5) is 48.1. The second-order valence-electron chi connectivity index (χ2n) is 9.21. The SMILES string of the molecule is COc1nc(C(=O)NCc2ccc(F)c(C)c2)cc(C(=O)N[C@H]2CCc3c2ccc(-c2noc(=O)[nH]2)c3C)n1. The van der Waals surface area contributed by atoms with Crippen molar-refractivity contribution in [3.8, 4) is 17.4 Å². The molecule has 39 heavy (non-hydrogen) atoms. The zero-order valence-corrected chi connectivity index (χ0v) is 21.4. The molecule has 1 aliphatic carbocycles. The van der Waals surface area contributed by atoms with Crippen molar-refractivity contribution in [3.63, 3.8) is 0 Å². The highest BCUT2D eigenvalue weighted by molar-refractivity contribution is 5.97. The summed E-state index contributed by atoms with van der Waals surface area (Å²) in [5, 5.41) is 9.47. The van der Waals surface area contributed by atoms with Crippen LogP contribution in [0.25, 0.3) is 11.4 Å². The number of carbonyl (C=O) groups excluding carboxylic acids is 2. The van der Waals surface area contributed by atoms with Crippen LogP contribution in [0.5, 0.6) is 6.01 Å². The molecule has 0 spiro atoms. The summed E-state index contributed by atoms with van der Waals surface area (Å²) < 4.78 is 23.3. The number of halogens is 1. The topological polar surface area (TPSA) is 152 Å². The van der Waals surface area contributed by atoms with Crippen LogP contribution in [-0.2, 0) is 13.0 Å². The fourth-order valence-corrected chi connectivity index (χ4v) is 4.70. The van der Waals surface area contributed by atoms with Crippen LogP contribution in [-0.4, -0.2) is 39.0 Å². The summed E-state index contributed by atoms with van der Waals surface area (Å²) in [6.45, 7) is 3.72. The van der Waals surface area contributed by atoms with Gasteiger partial charge in [0.2, 0.25) is 0 Å². The highest BCUT2D eigenvalue weighted by Crippen LogP contribution is 2.37. The molecule has 5 rings (SSSR count). The highest BCUT2D eigenvalue weighted by Gasteiger charge is 2.28. The first-order chi connectivity index (χ1) is 18.7. The molecule has 1 aliphatic rings. The highest BCUT2D eigenvalue weighted by atomic mass is 19.1. The molecule has 4 aromatic rings. The number of benzene rings is 2. The first kappa shape index (κ1) is 25.8. The molecule has 0 aliphatic heterocycles. The van der Waals surface area contributed by atoms with E-state index in [2.05, 4.69) is 35.3 Å². The lowest BCUT2D eigenvalue weighted by Crippen LogP contribution is -2.29. The number of amides is 2. The number of aromatic amines is 1. The maximum atomic E-state index is 13.5. The van der Waals surface area contributed by atoms with E-state index in [1.807, 2.05) is 19.1 Å². The van der Waals surface area contributed by atoms with E-state index in [1.165, 1.54) is 19.2 Å². The predicted molar refractivity (Wildman–Crippen MR) is 137 cm³/mol. The first-order valence-electron chi connectivity index (χ1n) is 12.2. The number of nitrogens with zero attached hydrogens (tertiary/aromatic N) is 3. The summed E-state index contributed by atoms with van der Waals surface area (Å²) in [5.41, 5.74) is 4.81. The Hall–Kier alpha value is -4.87. The molecule has 11 nitrogen and oxygen atoms in total. The number of ether oxygens (including phenoxy) is 1. The minimum absolute atomic E-state index is 0.0217. The van der Waals surface area contributed by atoms with Crippen molar-refractivity contribution < 1.29 is 23.2 Å². The van der Waals surface area contributed by atoms with Crippen molar-refractivity contribution >= 4 is 11.8 Å². The van der Waals surface area contributed by atoms with Gasteiger partial charge in [-0.25, -0.2) is 9.18 Å². The van der Waals surface area contributed by atoms with E-state index in [0.717, 1.165) is 27.8 Å². The Kier molecular flexibility index (Phi) is 6.92. The summed E-state index contributed by atoms with van der Waals surface area (Å²) in [7, 11) is 1.34. The van der Waals surface area contributed by atoms with Gasteiger partial charge in [-0.1, -0.05) is 29.4 Å². The van der Waals surface area contributed by atoms with Gasteiger partial charge in [0.1, 0.15) is 17.2 Å². The van der Waals surface area contributed by atoms with Crippen LogP contribution in [0, 0.1) is 19.7 Å². The summed E-state index contributed by atoms with van der Waals surface area (Å²) >= 11 is 0. The Bertz CT molecular complexity index is 1650. The van der Waals surface area contributed by atoms with Gasteiger partial charge in [0.15, 0.2) is 5.82 Å². The number of methoxy groups -OCH3 is 1. The third kappa shape index (κ3) is 5.26. The Morgan fingerprint density at radius 3 is 2.59 bits per heavy atom. The van der Waals surface area contributed by atoms with Crippen molar-refractivity contribution in [3.05, 3.63) is 92.0 Å². The predicted octanol–water partition coefficient (Wildman–Crippen LogP) is 2.93. The number of nitrogens with one attached hydrogen (secondary N) is 3. The number of fused-ring (bicyclic) bond motifs is 1. The van der Waals surface area contributed by atoms with Gasteiger partial charge < -0.3 is 15.4 Å². The first-order valence-corrected chi connectivity index (χ1v) is 12.2. The number of hydrogen-bond donors (Lipinski definition) is 3. The smallest absolute Gasteiger partial charge is 0.439 e.